The molecule has 0 bridgehead atoms. The summed E-state index contributed by atoms with van der Waals surface area (Å²) in [7, 11) is 0. The van der Waals surface area contributed by atoms with Crippen molar-refractivity contribution >= 4 is 22.4 Å². The summed E-state index contributed by atoms with van der Waals surface area (Å²) in [5, 5.41) is 5.73. The summed E-state index contributed by atoms with van der Waals surface area (Å²) in [5.74, 6) is 0.576. The van der Waals surface area contributed by atoms with Crippen LogP contribution < -0.4 is 15.8 Å². The lowest BCUT2D eigenvalue weighted by atomic mass is 10.1. The van der Waals surface area contributed by atoms with Gasteiger partial charge in [0.15, 0.2) is 0 Å². The minimum atomic E-state index is -0.512. The van der Waals surface area contributed by atoms with Crippen molar-refractivity contribution in [3.05, 3.63) is 96.2 Å². The number of hydrogen-bond acceptors (Lipinski definition) is 4. The largest absolute Gasteiger partial charge is 0.439 e. The highest BCUT2D eigenvalue weighted by molar-refractivity contribution is 5.95. The fourth-order valence-electron chi connectivity index (χ4n) is 3.17. The number of nitrogens with one attached hydrogen (secondary N) is 1. The van der Waals surface area contributed by atoms with Crippen molar-refractivity contribution < 1.29 is 9.53 Å². The lowest BCUT2D eigenvalue weighted by Crippen LogP contribution is -2.10. The number of carbonyl (C=O) groups is 1. The van der Waals surface area contributed by atoms with Crippen LogP contribution >= 0.6 is 0 Å². The van der Waals surface area contributed by atoms with Crippen LogP contribution in [0.4, 0.5) is 5.69 Å². The predicted octanol–water partition coefficient (Wildman–Crippen LogP) is 4.78. The van der Waals surface area contributed by atoms with E-state index >= 15 is 0 Å². The van der Waals surface area contributed by atoms with Gasteiger partial charge in [0.05, 0.1) is 5.56 Å². The van der Waals surface area contributed by atoms with Crippen LogP contribution in [0.25, 0.3) is 10.8 Å². The number of fused-ring (bicyclic) bond motifs is 1. The number of carbonyl (C=O) groups excluding carboxylic acids is 1. The Balaban J connectivity index is 1.47. The maximum Gasteiger partial charge on any atom is 0.250 e. The Morgan fingerprint density at radius 3 is 2.59 bits per heavy atom. The van der Waals surface area contributed by atoms with Crippen molar-refractivity contribution in [2.24, 2.45) is 5.73 Å². The summed E-state index contributed by atoms with van der Waals surface area (Å²) in [4.78, 5) is 15.3. The van der Waals surface area contributed by atoms with Crippen molar-refractivity contribution in [1.29, 1.82) is 0 Å². The van der Waals surface area contributed by atoms with Crippen LogP contribution in [-0.4, -0.2) is 17.4 Å². The molecule has 0 aliphatic rings. The van der Waals surface area contributed by atoms with Gasteiger partial charge in [0.1, 0.15) is 5.75 Å². The summed E-state index contributed by atoms with van der Waals surface area (Å²) < 4.78 is 5.82. The molecule has 0 radical (unpaired) electrons. The Bertz CT molecular complexity index is 1130. The Labute approximate surface area is 169 Å². The van der Waals surface area contributed by atoms with Crippen molar-refractivity contribution in [3.63, 3.8) is 0 Å². The number of aromatic nitrogens is 1. The fourth-order valence-corrected chi connectivity index (χ4v) is 3.17. The first-order chi connectivity index (χ1) is 14.2. The molecule has 144 valence electrons. The van der Waals surface area contributed by atoms with Crippen molar-refractivity contribution in [2.45, 2.75) is 6.42 Å². The third-order valence-electron chi connectivity index (χ3n) is 4.67. The van der Waals surface area contributed by atoms with E-state index in [0.717, 1.165) is 29.4 Å². The topological polar surface area (TPSA) is 77.2 Å². The van der Waals surface area contributed by atoms with Gasteiger partial charge < -0.3 is 15.8 Å². The van der Waals surface area contributed by atoms with Gasteiger partial charge in [-0.2, -0.15) is 0 Å². The molecule has 0 saturated heterocycles. The first-order valence-corrected chi connectivity index (χ1v) is 9.43. The zero-order valence-corrected chi connectivity index (χ0v) is 15.8. The normalized spacial score (nSPS) is 10.6. The van der Waals surface area contributed by atoms with Crippen LogP contribution in [0.3, 0.4) is 0 Å². The van der Waals surface area contributed by atoms with Gasteiger partial charge in [-0.25, -0.2) is 4.98 Å². The minimum absolute atomic E-state index is 0.349. The van der Waals surface area contributed by atoms with Gasteiger partial charge in [-0.3, -0.25) is 4.79 Å². The van der Waals surface area contributed by atoms with E-state index in [1.807, 2.05) is 36.4 Å². The van der Waals surface area contributed by atoms with Gasteiger partial charge in [0.2, 0.25) is 11.8 Å². The number of benzene rings is 3. The molecule has 5 heteroatoms. The van der Waals surface area contributed by atoms with Crippen LogP contribution in [0.1, 0.15) is 15.9 Å². The average molecular weight is 383 g/mol. The molecular formula is C24H21N3O2. The quantitative estimate of drug-likeness (QED) is 0.481. The van der Waals surface area contributed by atoms with Gasteiger partial charge in [-0.15, -0.1) is 0 Å². The van der Waals surface area contributed by atoms with Crippen LogP contribution in [-0.2, 0) is 6.42 Å². The van der Waals surface area contributed by atoms with E-state index in [-0.39, 0.29) is 0 Å². The monoisotopic (exact) mass is 383 g/mol. The van der Waals surface area contributed by atoms with E-state index in [2.05, 4.69) is 40.6 Å². The number of pyridine rings is 1. The molecule has 0 spiro atoms. The lowest BCUT2D eigenvalue weighted by molar-refractivity contribution is 0.1000. The Hall–Kier alpha value is -3.86. The molecule has 5 nitrogen and oxygen atoms in total. The molecular weight excluding hydrogens is 362 g/mol. The SMILES string of the molecule is NC(=O)c1ccc(Oc2ccc3c(NCCc4ccccc4)cccc3c2)nc1. The number of hydrogen-bond donors (Lipinski definition) is 2. The molecule has 3 aromatic carbocycles. The second-order valence-electron chi connectivity index (χ2n) is 6.70. The third-order valence-corrected chi connectivity index (χ3v) is 4.67. The first kappa shape index (κ1) is 18.5. The summed E-state index contributed by atoms with van der Waals surface area (Å²) in [5.41, 5.74) is 7.99. The minimum Gasteiger partial charge on any atom is -0.439 e. The van der Waals surface area contributed by atoms with Gasteiger partial charge in [0.25, 0.3) is 0 Å². The second kappa shape index (κ2) is 8.44. The lowest BCUT2D eigenvalue weighted by Gasteiger charge is -2.11. The number of nitrogens with zero attached hydrogens (tertiary/aromatic N) is 1. The van der Waals surface area contributed by atoms with Crippen LogP contribution in [0.5, 0.6) is 11.6 Å². The second-order valence-corrected chi connectivity index (χ2v) is 6.70. The molecule has 1 amide bonds. The molecule has 1 aromatic heterocycles. The Morgan fingerprint density at radius 1 is 0.966 bits per heavy atom. The number of amides is 1. The van der Waals surface area contributed by atoms with E-state index in [1.165, 1.54) is 11.8 Å². The molecule has 0 aliphatic carbocycles. The number of anilines is 1. The molecule has 0 aliphatic heterocycles. The average Bonchev–Trinajstić information content (AvgIpc) is 2.75. The number of nitrogens with two attached hydrogens (primary N) is 1. The maximum absolute atomic E-state index is 11.1. The Kier molecular flexibility index (Phi) is 5.38. The molecule has 0 unspecified atom stereocenters. The predicted molar refractivity (Wildman–Crippen MR) is 115 cm³/mol. The van der Waals surface area contributed by atoms with Crippen LogP contribution in [0.2, 0.25) is 0 Å². The van der Waals surface area contributed by atoms with E-state index < -0.39 is 5.91 Å². The van der Waals surface area contributed by atoms with Crippen molar-refractivity contribution in [2.75, 3.05) is 11.9 Å². The van der Waals surface area contributed by atoms with E-state index in [4.69, 9.17) is 10.5 Å². The van der Waals surface area contributed by atoms with E-state index in [0.29, 0.717) is 17.2 Å². The molecule has 0 saturated carbocycles. The number of ether oxygens (including phenoxy) is 1. The van der Waals surface area contributed by atoms with E-state index in [9.17, 15) is 4.79 Å². The van der Waals surface area contributed by atoms with Gasteiger partial charge in [-0.1, -0.05) is 42.5 Å². The van der Waals surface area contributed by atoms with Crippen LogP contribution in [0, 0.1) is 0 Å². The molecule has 0 atom stereocenters. The molecule has 4 aromatic rings. The highest BCUT2D eigenvalue weighted by Crippen LogP contribution is 2.29. The molecule has 29 heavy (non-hydrogen) atoms. The smallest absolute Gasteiger partial charge is 0.250 e. The Morgan fingerprint density at radius 2 is 1.83 bits per heavy atom. The van der Waals surface area contributed by atoms with Gasteiger partial charge in [0, 0.05) is 29.9 Å². The molecule has 4 rings (SSSR count). The van der Waals surface area contributed by atoms with Gasteiger partial charge >= 0.3 is 0 Å². The standard InChI is InChI=1S/C24H21N3O2/c25-24(28)19-9-12-23(27-16-19)29-20-10-11-21-18(15-20)7-4-8-22(21)26-14-13-17-5-2-1-3-6-17/h1-12,15-16,26H,13-14H2,(H2,25,28). The first-order valence-electron chi connectivity index (χ1n) is 9.43. The van der Waals surface area contributed by atoms with Crippen molar-refractivity contribution in [1.82, 2.24) is 4.98 Å². The summed E-state index contributed by atoms with van der Waals surface area (Å²) >= 11 is 0. The van der Waals surface area contributed by atoms with Gasteiger partial charge in [-0.05, 0) is 47.7 Å². The molecule has 0 fully saturated rings. The third kappa shape index (κ3) is 4.52. The summed E-state index contributed by atoms with van der Waals surface area (Å²) in [6, 6.07) is 25.7. The van der Waals surface area contributed by atoms with Crippen molar-refractivity contribution in [3.8, 4) is 11.6 Å². The van der Waals surface area contributed by atoms with Crippen LogP contribution in [0.15, 0.2) is 85.1 Å². The summed E-state index contributed by atoms with van der Waals surface area (Å²) in [6.45, 7) is 0.859. The zero-order valence-electron chi connectivity index (χ0n) is 15.8. The summed E-state index contributed by atoms with van der Waals surface area (Å²) in [6.07, 6.45) is 2.37. The molecule has 1 heterocycles. The van der Waals surface area contributed by atoms with E-state index in [1.54, 1.807) is 12.1 Å². The molecule has 3 N–H and O–H groups in total. The highest BCUT2D eigenvalue weighted by atomic mass is 16.5. The maximum atomic E-state index is 11.1. The highest BCUT2D eigenvalue weighted by Gasteiger charge is 2.06. The zero-order chi connectivity index (χ0) is 20.1. The number of rotatable bonds is 7. The fraction of sp³-hybridized carbons (Fsp3) is 0.0833. The number of primary amides is 1.